The lowest BCUT2D eigenvalue weighted by molar-refractivity contribution is -0.145. The highest BCUT2D eigenvalue weighted by Crippen LogP contribution is 2.21. The average Bonchev–Trinajstić information content (AvgIpc) is 3.10. The number of carbonyl (C=O) groups is 4. The van der Waals surface area contributed by atoms with Gasteiger partial charge in [-0.25, -0.2) is 4.79 Å². The molecule has 1 fully saturated rings. The highest BCUT2D eigenvalue weighted by molar-refractivity contribution is 5.93. The molecule has 7 N–H and O–H groups in total. The van der Waals surface area contributed by atoms with Crippen molar-refractivity contribution in [1.82, 2.24) is 15.5 Å². The Morgan fingerprint density at radius 1 is 1.21 bits per heavy atom. The van der Waals surface area contributed by atoms with Gasteiger partial charge in [0, 0.05) is 20.0 Å². The summed E-state index contributed by atoms with van der Waals surface area (Å²) in [4.78, 5) is 53.7. The number of amides is 3. The molecule has 164 valence electrons. The molecule has 11 heteroatoms. The van der Waals surface area contributed by atoms with Crippen molar-refractivity contribution in [3.63, 3.8) is 0 Å². The highest BCUT2D eigenvalue weighted by atomic mass is 16.4. The third kappa shape index (κ3) is 7.59. The van der Waals surface area contributed by atoms with E-state index in [0.29, 0.717) is 25.8 Å². The Balaban J connectivity index is 2.79. The molecule has 1 aliphatic heterocycles. The van der Waals surface area contributed by atoms with Crippen LogP contribution in [0.15, 0.2) is 4.99 Å². The summed E-state index contributed by atoms with van der Waals surface area (Å²) in [6.45, 7) is 5.57. The van der Waals surface area contributed by atoms with Gasteiger partial charge in [-0.05, 0) is 31.6 Å². The summed E-state index contributed by atoms with van der Waals surface area (Å²) < 4.78 is 0. The molecule has 0 aliphatic carbocycles. The molecule has 0 bridgehead atoms. The normalized spacial score (nSPS) is 18.1. The molecule has 29 heavy (non-hydrogen) atoms. The number of rotatable bonds is 10. The number of carbonyl (C=O) groups excluding carboxylic acids is 3. The predicted molar refractivity (Wildman–Crippen MR) is 107 cm³/mol. The Morgan fingerprint density at radius 2 is 1.86 bits per heavy atom. The smallest absolute Gasteiger partial charge is 0.326 e. The summed E-state index contributed by atoms with van der Waals surface area (Å²) in [5.74, 6) is -2.60. The number of hydrogen-bond acceptors (Lipinski definition) is 5. The van der Waals surface area contributed by atoms with Gasteiger partial charge in [0.15, 0.2) is 5.96 Å². The van der Waals surface area contributed by atoms with Gasteiger partial charge in [0.1, 0.15) is 18.1 Å². The van der Waals surface area contributed by atoms with Crippen molar-refractivity contribution in [2.24, 2.45) is 22.4 Å². The molecule has 11 nitrogen and oxygen atoms in total. The lowest BCUT2D eigenvalue weighted by atomic mass is 10.0. The third-order valence-electron chi connectivity index (χ3n) is 4.69. The van der Waals surface area contributed by atoms with Crippen LogP contribution in [0.2, 0.25) is 0 Å². The Bertz CT molecular complexity index is 647. The Morgan fingerprint density at radius 3 is 2.38 bits per heavy atom. The summed E-state index contributed by atoms with van der Waals surface area (Å²) in [6, 6.07) is -2.61. The van der Waals surface area contributed by atoms with E-state index in [9.17, 15) is 24.3 Å². The molecule has 3 atom stereocenters. The first-order chi connectivity index (χ1) is 13.5. The monoisotopic (exact) mass is 412 g/mol. The third-order valence-corrected chi connectivity index (χ3v) is 4.69. The molecule has 1 heterocycles. The zero-order valence-corrected chi connectivity index (χ0v) is 17.2. The van der Waals surface area contributed by atoms with Gasteiger partial charge in [-0.3, -0.25) is 19.4 Å². The summed E-state index contributed by atoms with van der Waals surface area (Å²) in [6.07, 6.45) is 1.58. The second-order valence-electron chi connectivity index (χ2n) is 7.46. The van der Waals surface area contributed by atoms with Gasteiger partial charge in [-0.2, -0.15) is 0 Å². The second-order valence-corrected chi connectivity index (χ2v) is 7.46. The molecule has 0 aromatic heterocycles. The number of hydrogen-bond donors (Lipinski definition) is 5. The number of carboxylic acids is 1. The molecule has 1 saturated heterocycles. The van der Waals surface area contributed by atoms with E-state index in [1.807, 2.05) is 0 Å². The van der Waals surface area contributed by atoms with Crippen LogP contribution in [0.25, 0.3) is 0 Å². The van der Waals surface area contributed by atoms with Crippen LogP contribution in [0.3, 0.4) is 0 Å². The lowest BCUT2D eigenvalue weighted by Gasteiger charge is -2.30. The molecule has 3 amide bonds. The van der Waals surface area contributed by atoms with Crippen molar-refractivity contribution in [2.75, 3.05) is 13.1 Å². The van der Waals surface area contributed by atoms with Gasteiger partial charge in [0.05, 0.1) is 0 Å². The van der Waals surface area contributed by atoms with Crippen LogP contribution in [0.5, 0.6) is 0 Å². The van der Waals surface area contributed by atoms with Crippen LogP contribution >= 0.6 is 0 Å². The molecular weight excluding hydrogens is 380 g/mol. The minimum absolute atomic E-state index is 0.0834. The first-order valence-electron chi connectivity index (χ1n) is 9.70. The van der Waals surface area contributed by atoms with Gasteiger partial charge in [-0.15, -0.1) is 0 Å². The van der Waals surface area contributed by atoms with Crippen LogP contribution in [-0.4, -0.2) is 70.9 Å². The summed E-state index contributed by atoms with van der Waals surface area (Å²) >= 11 is 0. The van der Waals surface area contributed by atoms with Gasteiger partial charge < -0.3 is 32.1 Å². The number of nitrogens with zero attached hydrogens (tertiary/aromatic N) is 2. The molecule has 1 rings (SSSR count). The standard InChI is InChI=1S/C18H32N6O5/c1-10(2)14(22-11(3)25)16(27)24-9-5-7-13(24)15(26)23-12(17(28)29)6-4-8-21-18(19)20/h10,12-14H,4-9H2,1-3H3,(H,22,25)(H,23,26)(H,28,29)(H4,19,20,21)/t12-,13-,14-/m0/s1. The van der Waals surface area contributed by atoms with Crippen LogP contribution < -0.4 is 22.1 Å². The molecule has 0 unspecified atom stereocenters. The van der Waals surface area contributed by atoms with Gasteiger partial charge >= 0.3 is 5.97 Å². The fourth-order valence-corrected chi connectivity index (χ4v) is 3.24. The molecular formula is C18H32N6O5. The topological polar surface area (TPSA) is 180 Å². The number of aliphatic carboxylic acids is 1. The second kappa shape index (κ2) is 11.2. The van der Waals surface area contributed by atoms with Gasteiger partial charge in [0.25, 0.3) is 0 Å². The largest absolute Gasteiger partial charge is 0.480 e. The zero-order valence-electron chi connectivity index (χ0n) is 17.2. The minimum Gasteiger partial charge on any atom is -0.480 e. The van der Waals surface area contributed by atoms with E-state index in [1.165, 1.54) is 11.8 Å². The van der Waals surface area contributed by atoms with Crippen LogP contribution in [0, 0.1) is 5.92 Å². The molecule has 0 radical (unpaired) electrons. The average molecular weight is 412 g/mol. The van der Waals surface area contributed by atoms with Crippen LogP contribution in [0.1, 0.15) is 46.5 Å². The van der Waals surface area contributed by atoms with Crippen molar-refractivity contribution in [2.45, 2.75) is 64.6 Å². The number of nitrogens with one attached hydrogen (secondary N) is 2. The molecule has 0 aromatic rings. The Hall–Kier alpha value is -2.85. The summed E-state index contributed by atoms with van der Waals surface area (Å²) in [5.41, 5.74) is 10.5. The number of nitrogens with two attached hydrogens (primary N) is 2. The number of likely N-dealkylation sites (tertiary alicyclic amines) is 1. The fourth-order valence-electron chi connectivity index (χ4n) is 3.24. The van der Waals surface area contributed by atoms with E-state index in [0.717, 1.165) is 0 Å². The van der Waals surface area contributed by atoms with Gasteiger partial charge in [-0.1, -0.05) is 13.8 Å². The van der Waals surface area contributed by atoms with E-state index < -0.39 is 30.0 Å². The molecule has 1 aliphatic rings. The quantitative estimate of drug-likeness (QED) is 0.169. The zero-order chi connectivity index (χ0) is 22.1. The number of guanidine groups is 1. The summed E-state index contributed by atoms with van der Waals surface area (Å²) in [7, 11) is 0. The van der Waals surface area contributed by atoms with E-state index in [1.54, 1.807) is 13.8 Å². The van der Waals surface area contributed by atoms with Crippen molar-refractivity contribution in [3.8, 4) is 0 Å². The van der Waals surface area contributed by atoms with Crippen molar-refractivity contribution in [3.05, 3.63) is 0 Å². The first-order valence-corrected chi connectivity index (χ1v) is 9.70. The van der Waals surface area contributed by atoms with Crippen molar-refractivity contribution >= 4 is 29.7 Å². The van der Waals surface area contributed by atoms with E-state index >= 15 is 0 Å². The van der Waals surface area contributed by atoms with Gasteiger partial charge in [0.2, 0.25) is 17.7 Å². The van der Waals surface area contributed by atoms with Crippen LogP contribution in [-0.2, 0) is 19.2 Å². The molecule has 0 aromatic carbocycles. The van der Waals surface area contributed by atoms with E-state index in [2.05, 4.69) is 15.6 Å². The maximum atomic E-state index is 12.9. The molecule has 0 spiro atoms. The Labute approximate surface area is 170 Å². The maximum Gasteiger partial charge on any atom is 0.326 e. The van der Waals surface area contributed by atoms with Crippen molar-refractivity contribution in [1.29, 1.82) is 0 Å². The lowest BCUT2D eigenvalue weighted by Crippen LogP contribution is -2.56. The highest BCUT2D eigenvalue weighted by Gasteiger charge is 2.39. The van der Waals surface area contributed by atoms with E-state index in [-0.39, 0.29) is 36.7 Å². The number of carboxylic acid groups (broad SMARTS) is 1. The fraction of sp³-hybridized carbons (Fsp3) is 0.722. The van der Waals surface area contributed by atoms with E-state index in [4.69, 9.17) is 11.5 Å². The predicted octanol–water partition coefficient (Wildman–Crippen LogP) is -1.24. The van der Waals surface area contributed by atoms with Crippen LogP contribution in [0.4, 0.5) is 0 Å². The number of aliphatic imine (C=N–C) groups is 1. The SMILES string of the molecule is CC(=O)N[C@H](C(=O)N1CCC[C@H]1C(=O)N[C@@H](CCCN=C(N)N)C(=O)O)C(C)C. The Kier molecular flexibility index (Phi) is 9.36. The molecule has 0 saturated carbocycles. The summed E-state index contributed by atoms with van der Waals surface area (Å²) in [5, 5.41) is 14.5. The maximum absolute atomic E-state index is 12.9. The van der Waals surface area contributed by atoms with Crippen molar-refractivity contribution < 1.29 is 24.3 Å². The first kappa shape index (κ1) is 24.2. The minimum atomic E-state index is -1.17.